The van der Waals surface area contributed by atoms with E-state index in [-0.39, 0.29) is 0 Å². The highest BCUT2D eigenvalue weighted by Gasteiger charge is 1.97. The number of nitrogens with two attached hydrogens (primary N) is 1. The van der Waals surface area contributed by atoms with Crippen LogP contribution in [0.5, 0.6) is 6.01 Å². The third kappa shape index (κ3) is 2.67. The van der Waals surface area contributed by atoms with Crippen molar-refractivity contribution in [3.05, 3.63) is 48.3 Å². The second-order valence-electron chi connectivity index (χ2n) is 3.07. The Hall–Kier alpha value is -2.10. The van der Waals surface area contributed by atoms with Crippen molar-refractivity contribution in [3.63, 3.8) is 0 Å². The van der Waals surface area contributed by atoms with E-state index in [9.17, 15) is 0 Å². The van der Waals surface area contributed by atoms with Crippen molar-refractivity contribution in [2.75, 3.05) is 5.73 Å². The van der Waals surface area contributed by atoms with Gasteiger partial charge in [-0.3, -0.25) is 0 Å². The van der Waals surface area contributed by atoms with E-state index in [1.165, 1.54) is 12.4 Å². The summed E-state index contributed by atoms with van der Waals surface area (Å²) in [5.74, 6) is 0. The molecule has 0 saturated heterocycles. The summed E-state index contributed by atoms with van der Waals surface area (Å²) >= 11 is 0. The van der Waals surface area contributed by atoms with Crippen LogP contribution >= 0.6 is 0 Å². The molecule has 0 saturated carbocycles. The van der Waals surface area contributed by atoms with Crippen LogP contribution in [-0.4, -0.2) is 9.97 Å². The fraction of sp³-hybridized carbons (Fsp3) is 0.0909. The number of nitrogens with zero attached hydrogens (tertiary/aromatic N) is 2. The van der Waals surface area contributed by atoms with Crippen molar-refractivity contribution in [2.45, 2.75) is 6.61 Å². The molecule has 0 bridgehead atoms. The summed E-state index contributed by atoms with van der Waals surface area (Å²) in [6, 6.07) is 10.2. The van der Waals surface area contributed by atoms with Gasteiger partial charge >= 0.3 is 6.01 Å². The maximum atomic E-state index is 5.45. The topological polar surface area (TPSA) is 61.0 Å². The van der Waals surface area contributed by atoms with Gasteiger partial charge in [0.2, 0.25) is 0 Å². The third-order valence-electron chi connectivity index (χ3n) is 1.86. The average molecular weight is 201 g/mol. The first kappa shape index (κ1) is 9.45. The first-order valence-electron chi connectivity index (χ1n) is 4.59. The largest absolute Gasteiger partial charge is 0.459 e. The van der Waals surface area contributed by atoms with Gasteiger partial charge in [-0.25, -0.2) is 9.97 Å². The van der Waals surface area contributed by atoms with Crippen molar-refractivity contribution < 1.29 is 4.74 Å². The predicted octanol–water partition coefficient (Wildman–Crippen LogP) is 1.64. The van der Waals surface area contributed by atoms with E-state index in [1.54, 1.807) is 0 Å². The van der Waals surface area contributed by atoms with Gasteiger partial charge in [-0.1, -0.05) is 30.3 Å². The Kier molecular flexibility index (Phi) is 2.78. The van der Waals surface area contributed by atoms with Crippen molar-refractivity contribution >= 4 is 5.69 Å². The molecule has 4 nitrogen and oxygen atoms in total. The Balaban J connectivity index is 1.96. The SMILES string of the molecule is Nc1cnc(OCc2ccccc2)nc1. The zero-order chi connectivity index (χ0) is 10.5. The number of rotatable bonds is 3. The normalized spacial score (nSPS) is 9.87. The maximum absolute atomic E-state index is 5.45. The van der Waals surface area contributed by atoms with Crippen molar-refractivity contribution in [1.82, 2.24) is 9.97 Å². The second kappa shape index (κ2) is 4.41. The van der Waals surface area contributed by atoms with Gasteiger partial charge in [0.25, 0.3) is 0 Å². The van der Waals surface area contributed by atoms with Gasteiger partial charge in [0.15, 0.2) is 0 Å². The zero-order valence-corrected chi connectivity index (χ0v) is 8.13. The van der Waals surface area contributed by atoms with Crippen LogP contribution in [0, 0.1) is 0 Å². The Morgan fingerprint density at radius 3 is 2.40 bits per heavy atom. The van der Waals surface area contributed by atoms with Crippen LogP contribution in [0.25, 0.3) is 0 Å². The Morgan fingerprint density at radius 1 is 1.07 bits per heavy atom. The second-order valence-corrected chi connectivity index (χ2v) is 3.07. The Morgan fingerprint density at radius 2 is 1.73 bits per heavy atom. The summed E-state index contributed by atoms with van der Waals surface area (Å²) in [5.41, 5.74) is 7.06. The number of ether oxygens (including phenoxy) is 1. The monoisotopic (exact) mass is 201 g/mol. The van der Waals surface area contributed by atoms with Crippen molar-refractivity contribution in [1.29, 1.82) is 0 Å². The molecule has 1 aromatic heterocycles. The molecule has 2 aromatic rings. The van der Waals surface area contributed by atoms with Gasteiger partial charge in [-0.15, -0.1) is 0 Å². The lowest BCUT2D eigenvalue weighted by molar-refractivity contribution is 0.281. The van der Waals surface area contributed by atoms with E-state index in [0.717, 1.165) is 5.56 Å². The van der Waals surface area contributed by atoms with Gasteiger partial charge in [0, 0.05) is 0 Å². The first-order valence-corrected chi connectivity index (χ1v) is 4.59. The van der Waals surface area contributed by atoms with Crippen LogP contribution in [0.3, 0.4) is 0 Å². The molecule has 1 heterocycles. The fourth-order valence-electron chi connectivity index (χ4n) is 1.12. The van der Waals surface area contributed by atoms with Crippen molar-refractivity contribution in [3.8, 4) is 6.01 Å². The lowest BCUT2D eigenvalue weighted by Crippen LogP contribution is -1.99. The molecule has 0 amide bonds. The molecule has 2 rings (SSSR count). The molecule has 0 aliphatic rings. The average Bonchev–Trinajstić information content (AvgIpc) is 2.30. The molecule has 76 valence electrons. The summed E-state index contributed by atoms with van der Waals surface area (Å²) < 4.78 is 5.37. The Labute approximate surface area is 87.7 Å². The molecule has 0 atom stereocenters. The molecule has 0 fully saturated rings. The molecule has 2 N–H and O–H groups in total. The van der Waals surface area contributed by atoms with Gasteiger partial charge in [-0.2, -0.15) is 0 Å². The van der Waals surface area contributed by atoms with Crippen LogP contribution in [0.1, 0.15) is 5.56 Å². The minimum atomic E-state index is 0.341. The fourth-order valence-corrected chi connectivity index (χ4v) is 1.12. The summed E-state index contributed by atoms with van der Waals surface area (Å²) in [7, 11) is 0. The van der Waals surface area contributed by atoms with E-state index in [1.807, 2.05) is 30.3 Å². The zero-order valence-electron chi connectivity index (χ0n) is 8.13. The van der Waals surface area contributed by atoms with E-state index >= 15 is 0 Å². The number of hydrogen-bond acceptors (Lipinski definition) is 4. The van der Waals surface area contributed by atoms with E-state index in [4.69, 9.17) is 10.5 Å². The lowest BCUT2D eigenvalue weighted by Gasteiger charge is -2.03. The van der Waals surface area contributed by atoms with E-state index in [0.29, 0.717) is 18.3 Å². The van der Waals surface area contributed by atoms with Crippen LogP contribution in [0.4, 0.5) is 5.69 Å². The van der Waals surface area contributed by atoms with Gasteiger partial charge in [-0.05, 0) is 5.56 Å². The number of aromatic nitrogens is 2. The number of hydrogen-bond donors (Lipinski definition) is 1. The van der Waals surface area contributed by atoms with Crippen LogP contribution in [-0.2, 0) is 6.61 Å². The summed E-state index contributed by atoms with van der Waals surface area (Å²) in [6.07, 6.45) is 3.04. The van der Waals surface area contributed by atoms with Gasteiger partial charge in [0.1, 0.15) is 6.61 Å². The first-order chi connectivity index (χ1) is 7.34. The van der Waals surface area contributed by atoms with Gasteiger partial charge < -0.3 is 10.5 Å². The van der Waals surface area contributed by atoms with Crippen LogP contribution < -0.4 is 10.5 Å². The number of anilines is 1. The molecule has 0 spiro atoms. The molecule has 15 heavy (non-hydrogen) atoms. The minimum absolute atomic E-state index is 0.341. The van der Waals surface area contributed by atoms with Crippen molar-refractivity contribution in [2.24, 2.45) is 0 Å². The molecular weight excluding hydrogens is 190 g/mol. The maximum Gasteiger partial charge on any atom is 0.316 e. The molecule has 0 radical (unpaired) electrons. The molecule has 0 unspecified atom stereocenters. The minimum Gasteiger partial charge on any atom is -0.459 e. The molecular formula is C11H11N3O. The van der Waals surface area contributed by atoms with E-state index < -0.39 is 0 Å². The van der Waals surface area contributed by atoms with Gasteiger partial charge in [0.05, 0.1) is 18.1 Å². The third-order valence-corrected chi connectivity index (χ3v) is 1.86. The highest BCUT2D eigenvalue weighted by molar-refractivity contribution is 5.30. The predicted molar refractivity (Wildman–Crippen MR) is 57.2 cm³/mol. The van der Waals surface area contributed by atoms with Crippen LogP contribution in [0.2, 0.25) is 0 Å². The molecule has 1 aromatic carbocycles. The van der Waals surface area contributed by atoms with E-state index in [2.05, 4.69) is 9.97 Å². The van der Waals surface area contributed by atoms with Crippen LogP contribution in [0.15, 0.2) is 42.7 Å². The quantitative estimate of drug-likeness (QED) is 0.820. The highest BCUT2D eigenvalue weighted by Crippen LogP contribution is 2.06. The molecule has 0 aliphatic heterocycles. The molecule has 4 heteroatoms. The highest BCUT2D eigenvalue weighted by atomic mass is 16.5. The summed E-state index contributed by atoms with van der Waals surface area (Å²) in [6.45, 7) is 0.463. The molecule has 0 aliphatic carbocycles. The Bertz CT molecular complexity index is 414. The smallest absolute Gasteiger partial charge is 0.316 e. The summed E-state index contributed by atoms with van der Waals surface area (Å²) in [5, 5.41) is 0. The summed E-state index contributed by atoms with van der Waals surface area (Å²) in [4.78, 5) is 7.87. The lowest BCUT2D eigenvalue weighted by atomic mass is 10.2. The number of benzene rings is 1. The number of nitrogen functional groups attached to an aromatic ring is 1. The standard InChI is InChI=1S/C11H11N3O/c12-10-6-13-11(14-7-10)15-8-9-4-2-1-3-5-9/h1-7H,8,12H2.